The van der Waals surface area contributed by atoms with Gasteiger partial charge in [-0.25, -0.2) is 8.42 Å². The summed E-state index contributed by atoms with van der Waals surface area (Å²) in [5.74, 6) is -0.173. The van der Waals surface area contributed by atoms with Gasteiger partial charge in [-0.3, -0.25) is 9.59 Å². The fourth-order valence-corrected chi connectivity index (χ4v) is 4.38. The van der Waals surface area contributed by atoms with Crippen molar-refractivity contribution >= 4 is 27.5 Å². The van der Waals surface area contributed by atoms with E-state index in [2.05, 4.69) is 10.0 Å². The Hall–Kier alpha value is -3.89. The third-order valence-electron chi connectivity index (χ3n) is 5.03. The van der Waals surface area contributed by atoms with Gasteiger partial charge >= 0.3 is 0 Å². The first-order chi connectivity index (χ1) is 16.8. The molecule has 3 aromatic carbocycles. The molecule has 0 aromatic heterocycles. The fraction of sp³-hybridized carbons (Fsp3) is 0.200. The molecule has 2 amide bonds. The van der Waals surface area contributed by atoms with Crippen LogP contribution in [0.5, 0.6) is 11.5 Å². The van der Waals surface area contributed by atoms with Gasteiger partial charge in [-0.15, -0.1) is 0 Å². The van der Waals surface area contributed by atoms with E-state index in [0.717, 1.165) is 5.56 Å². The number of methoxy groups -OCH3 is 1. The monoisotopic (exact) mass is 497 g/mol. The van der Waals surface area contributed by atoms with Gasteiger partial charge in [0.15, 0.2) is 0 Å². The molecule has 9 nitrogen and oxygen atoms in total. The number of primary amides is 1. The molecule has 0 spiro atoms. The number of sulfonamides is 1. The van der Waals surface area contributed by atoms with Crippen molar-refractivity contribution in [3.8, 4) is 11.5 Å². The molecule has 3 aromatic rings. The number of benzene rings is 3. The Morgan fingerprint density at radius 1 is 0.914 bits per heavy atom. The number of amides is 2. The van der Waals surface area contributed by atoms with Crippen LogP contribution in [0.3, 0.4) is 0 Å². The summed E-state index contributed by atoms with van der Waals surface area (Å²) in [5, 5.41) is 2.67. The summed E-state index contributed by atoms with van der Waals surface area (Å²) in [6.45, 7) is 0.398. The van der Waals surface area contributed by atoms with Crippen LogP contribution in [0.15, 0.2) is 83.8 Å². The van der Waals surface area contributed by atoms with Gasteiger partial charge in [-0.1, -0.05) is 30.3 Å². The van der Waals surface area contributed by atoms with E-state index in [1.165, 1.54) is 31.4 Å². The average Bonchev–Trinajstić information content (AvgIpc) is 2.86. The molecule has 10 heteroatoms. The van der Waals surface area contributed by atoms with Gasteiger partial charge in [-0.05, 0) is 60.5 Å². The van der Waals surface area contributed by atoms with Crippen molar-refractivity contribution in [3.05, 3.63) is 84.4 Å². The van der Waals surface area contributed by atoms with Crippen molar-refractivity contribution in [2.75, 3.05) is 12.4 Å². The van der Waals surface area contributed by atoms with E-state index in [1.54, 1.807) is 24.3 Å². The summed E-state index contributed by atoms with van der Waals surface area (Å²) in [6.07, 6.45) is -0.274. The highest BCUT2D eigenvalue weighted by Crippen LogP contribution is 2.19. The molecule has 184 valence electrons. The summed E-state index contributed by atoms with van der Waals surface area (Å²) in [7, 11) is -2.58. The summed E-state index contributed by atoms with van der Waals surface area (Å²) < 4.78 is 38.8. The molecule has 3 rings (SSSR count). The van der Waals surface area contributed by atoms with Crippen LogP contribution in [0, 0.1) is 0 Å². The second-order valence-electron chi connectivity index (χ2n) is 7.64. The van der Waals surface area contributed by atoms with E-state index in [-0.39, 0.29) is 17.7 Å². The topological polar surface area (TPSA) is 137 Å². The molecule has 4 N–H and O–H groups in total. The molecular formula is C25H27N3O6S. The lowest BCUT2D eigenvalue weighted by Gasteiger charge is -2.18. The highest BCUT2D eigenvalue weighted by molar-refractivity contribution is 7.89. The number of hydrogen-bond acceptors (Lipinski definition) is 6. The Bertz CT molecular complexity index is 1230. The average molecular weight is 498 g/mol. The number of carbonyl (C=O) groups excluding carboxylic acids is 2. The lowest BCUT2D eigenvalue weighted by atomic mass is 10.1. The van der Waals surface area contributed by atoms with E-state index >= 15 is 0 Å². The molecule has 0 aliphatic heterocycles. The van der Waals surface area contributed by atoms with Gasteiger partial charge in [-0.2, -0.15) is 4.72 Å². The number of nitrogens with two attached hydrogens (primary N) is 1. The first kappa shape index (κ1) is 25.7. The minimum absolute atomic E-state index is 0.0462. The molecule has 0 radical (unpaired) electrons. The number of carbonyl (C=O) groups is 2. The van der Waals surface area contributed by atoms with Gasteiger partial charge in [0, 0.05) is 12.1 Å². The number of ether oxygens (including phenoxy) is 2. The molecule has 0 heterocycles. The zero-order valence-electron chi connectivity index (χ0n) is 19.1. The molecule has 1 atom stereocenters. The van der Waals surface area contributed by atoms with Gasteiger partial charge in [0.05, 0.1) is 12.0 Å². The largest absolute Gasteiger partial charge is 0.497 e. The van der Waals surface area contributed by atoms with E-state index in [4.69, 9.17) is 15.2 Å². The van der Waals surface area contributed by atoms with Crippen LogP contribution in [0.1, 0.15) is 18.4 Å². The number of hydrogen-bond donors (Lipinski definition) is 3. The predicted octanol–water partition coefficient (Wildman–Crippen LogP) is 2.83. The molecule has 35 heavy (non-hydrogen) atoms. The summed E-state index contributed by atoms with van der Waals surface area (Å²) in [5.41, 5.74) is 6.67. The van der Waals surface area contributed by atoms with Crippen molar-refractivity contribution in [3.63, 3.8) is 0 Å². The minimum atomic E-state index is -4.05. The van der Waals surface area contributed by atoms with E-state index < -0.39 is 27.9 Å². The van der Waals surface area contributed by atoms with Crippen molar-refractivity contribution in [1.82, 2.24) is 4.72 Å². The summed E-state index contributed by atoms with van der Waals surface area (Å²) in [6, 6.07) is 20.8. The first-order valence-electron chi connectivity index (χ1n) is 10.8. The Labute approximate surface area is 204 Å². The maximum Gasteiger partial charge on any atom is 0.242 e. The molecule has 0 saturated carbocycles. The number of rotatable bonds is 12. The number of anilines is 1. The maximum atomic E-state index is 12.9. The van der Waals surface area contributed by atoms with E-state index in [9.17, 15) is 18.0 Å². The third-order valence-corrected chi connectivity index (χ3v) is 6.52. The lowest BCUT2D eigenvalue weighted by Crippen LogP contribution is -2.44. The van der Waals surface area contributed by atoms with Crippen molar-refractivity contribution in [2.24, 2.45) is 5.73 Å². The van der Waals surface area contributed by atoms with Crippen LogP contribution in [0.4, 0.5) is 5.69 Å². The zero-order chi connectivity index (χ0) is 25.3. The Balaban J connectivity index is 1.66. The predicted molar refractivity (Wildman–Crippen MR) is 131 cm³/mol. The van der Waals surface area contributed by atoms with Crippen LogP contribution < -0.4 is 25.2 Å². The third kappa shape index (κ3) is 7.83. The highest BCUT2D eigenvalue weighted by Gasteiger charge is 2.26. The quantitative estimate of drug-likeness (QED) is 0.352. The maximum absolute atomic E-state index is 12.9. The molecule has 0 saturated heterocycles. The van der Waals surface area contributed by atoms with Gasteiger partial charge in [0.1, 0.15) is 24.1 Å². The molecule has 0 aliphatic rings. The fourth-order valence-electron chi connectivity index (χ4n) is 3.15. The summed E-state index contributed by atoms with van der Waals surface area (Å²) >= 11 is 0. The lowest BCUT2D eigenvalue weighted by molar-refractivity contribution is -0.119. The standard InChI is InChI=1S/C25H27N3O6S/c1-33-20-11-13-22(14-12-20)35(31,32)28-23(15-16-24(26)29)25(30)27-19-7-9-21(10-8-19)34-17-18-5-3-2-4-6-18/h2-14,23,28H,15-17H2,1H3,(H2,26,29)(H,27,30)/t23-/m0/s1. The molecule has 0 aliphatic carbocycles. The molecule has 0 unspecified atom stereocenters. The smallest absolute Gasteiger partial charge is 0.242 e. The van der Waals surface area contributed by atoms with Crippen LogP contribution in [0.2, 0.25) is 0 Å². The second-order valence-corrected chi connectivity index (χ2v) is 9.36. The van der Waals surface area contributed by atoms with Crippen LogP contribution in [-0.2, 0) is 26.2 Å². The van der Waals surface area contributed by atoms with Crippen molar-refractivity contribution < 1.29 is 27.5 Å². The first-order valence-corrected chi connectivity index (χ1v) is 12.3. The Morgan fingerprint density at radius 3 is 2.14 bits per heavy atom. The SMILES string of the molecule is COc1ccc(S(=O)(=O)N[C@@H](CCC(N)=O)C(=O)Nc2ccc(OCc3ccccc3)cc2)cc1. The summed E-state index contributed by atoms with van der Waals surface area (Å²) in [4.78, 5) is 24.1. The Morgan fingerprint density at radius 2 is 1.54 bits per heavy atom. The normalized spacial score (nSPS) is 11.9. The molecular weight excluding hydrogens is 470 g/mol. The van der Waals surface area contributed by atoms with Gasteiger partial charge in [0.2, 0.25) is 21.8 Å². The molecule has 0 bridgehead atoms. The second kappa shape index (κ2) is 12.0. The van der Waals surface area contributed by atoms with Crippen LogP contribution in [0.25, 0.3) is 0 Å². The van der Waals surface area contributed by atoms with E-state index in [0.29, 0.717) is 23.8 Å². The van der Waals surface area contributed by atoms with E-state index in [1.807, 2.05) is 30.3 Å². The van der Waals surface area contributed by atoms with Gasteiger partial charge < -0.3 is 20.5 Å². The van der Waals surface area contributed by atoms with Gasteiger partial charge in [0.25, 0.3) is 0 Å². The zero-order valence-corrected chi connectivity index (χ0v) is 20.0. The molecule has 0 fully saturated rings. The number of nitrogens with one attached hydrogen (secondary N) is 2. The van der Waals surface area contributed by atoms with Crippen molar-refractivity contribution in [1.29, 1.82) is 0 Å². The van der Waals surface area contributed by atoms with Crippen LogP contribution in [-0.4, -0.2) is 33.4 Å². The Kier molecular flexibility index (Phi) is 8.82. The van der Waals surface area contributed by atoms with Crippen molar-refractivity contribution in [2.45, 2.75) is 30.4 Å². The van der Waals surface area contributed by atoms with Crippen LogP contribution >= 0.6 is 0 Å². The highest BCUT2D eigenvalue weighted by atomic mass is 32.2. The minimum Gasteiger partial charge on any atom is -0.497 e.